The van der Waals surface area contributed by atoms with Crippen LogP contribution in [0, 0.1) is 6.92 Å². The van der Waals surface area contributed by atoms with E-state index in [9.17, 15) is 4.79 Å². The molecule has 1 fully saturated rings. The van der Waals surface area contributed by atoms with Crippen molar-refractivity contribution in [3.63, 3.8) is 0 Å². The Morgan fingerprint density at radius 3 is 2.95 bits per heavy atom. The van der Waals surface area contributed by atoms with E-state index in [0.29, 0.717) is 6.54 Å². The lowest BCUT2D eigenvalue weighted by Gasteiger charge is -2.33. The van der Waals surface area contributed by atoms with Crippen molar-refractivity contribution in [1.29, 1.82) is 0 Å². The van der Waals surface area contributed by atoms with Gasteiger partial charge in [-0.05, 0) is 49.8 Å². The van der Waals surface area contributed by atoms with Gasteiger partial charge < -0.3 is 15.0 Å². The summed E-state index contributed by atoms with van der Waals surface area (Å²) in [6, 6.07) is 4.31. The van der Waals surface area contributed by atoms with Crippen molar-refractivity contribution in [2.45, 2.75) is 38.6 Å². The molecule has 0 unspecified atom stereocenters. The van der Waals surface area contributed by atoms with E-state index in [-0.39, 0.29) is 11.9 Å². The first-order valence-electron chi connectivity index (χ1n) is 8.05. The zero-order valence-corrected chi connectivity index (χ0v) is 13.8. The van der Waals surface area contributed by atoms with Crippen molar-refractivity contribution in [2.75, 3.05) is 31.2 Å². The van der Waals surface area contributed by atoms with Crippen LogP contribution in [0.4, 0.5) is 5.69 Å². The molecule has 0 bridgehead atoms. The largest absolute Gasteiger partial charge is 0.381 e. The molecule has 22 heavy (non-hydrogen) atoms. The van der Waals surface area contributed by atoms with E-state index >= 15 is 0 Å². The molecule has 0 aliphatic carbocycles. The normalized spacial score (nSPS) is 18.9. The predicted molar refractivity (Wildman–Crippen MR) is 88.7 cm³/mol. The number of benzene rings is 1. The van der Waals surface area contributed by atoms with E-state index in [4.69, 9.17) is 16.3 Å². The highest BCUT2D eigenvalue weighted by atomic mass is 35.5. The average Bonchev–Trinajstić information content (AvgIpc) is 2.52. The van der Waals surface area contributed by atoms with Gasteiger partial charge in [0, 0.05) is 36.5 Å². The fourth-order valence-electron chi connectivity index (χ4n) is 3.39. The van der Waals surface area contributed by atoms with Crippen LogP contribution in [0.15, 0.2) is 12.1 Å². The summed E-state index contributed by atoms with van der Waals surface area (Å²) < 4.78 is 5.33. The Hall–Kier alpha value is -1.26. The van der Waals surface area contributed by atoms with Crippen LogP contribution in [0.1, 0.15) is 30.4 Å². The number of nitrogens with one attached hydrogen (secondary N) is 1. The van der Waals surface area contributed by atoms with Gasteiger partial charge >= 0.3 is 0 Å². The number of nitrogens with zero attached hydrogens (tertiary/aromatic N) is 1. The first-order chi connectivity index (χ1) is 10.6. The molecule has 0 atom stereocenters. The maximum atomic E-state index is 12.4. The lowest BCUT2D eigenvalue weighted by molar-refractivity contribution is -0.121. The highest BCUT2D eigenvalue weighted by Gasteiger charge is 2.23. The van der Waals surface area contributed by atoms with Gasteiger partial charge in [-0.2, -0.15) is 0 Å². The molecule has 120 valence electrons. The molecule has 2 heterocycles. The number of carbonyl (C=O) groups is 1. The summed E-state index contributed by atoms with van der Waals surface area (Å²) in [6.45, 7) is 4.84. The van der Waals surface area contributed by atoms with E-state index in [1.807, 2.05) is 13.0 Å². The molecule has 1 aromatic rings. The summed E-state index contributed by atoms with van der Waals surface area (Å²) in [4.78, 5) is 14.5. The van der Waals surface area contributed by atoms with E-state index in [1.54, 1.807) is 0 Å². The number of hydrogen-bond donors (Lipinski definition) is 1. The highest BCUT2D eigenvalue weighted by molar-refractivity contribution is 6.31. The SMILES string of the molecule is Cc1c(Cl)ccc2c1N(CC(=O)NC1CCOCC1)CCC2. The van der Waals surface area contributed by atoms with E-state index in [2.05, 4.69) is 16.3 Å². The Labute approximate surface area is 136 Å². The molecule has 1 N–H and O–H groups in total. The summed E-state index contributed by atoms with van der Waals surface area (Å²) in [5.41, 5.74) is 3.53. The minimum absolute atomic E-state index is 0.0964. The van der Waals surface area contributed by atoms with Gasteiger partial charge in [-0.25, -0.2) is 0 Å². The van der Waals surface area contributed by atoms with Crippen LogP contribution in [0.25, 0.3) is 0 Å². The number of fused-ring (bicyclic) bond motifs is 1. The molecule has 1 saturated heterocycles. The first kappa shape index (κ1) is 15.6. The molecule has 1 amide bonds. The summed E-state index contributed by atoms with van der Waals surface area (Å²) in [5.74, 6) is 0.0964. The van der Waals surface area contributed by atoms with Crippen molar-refractivity contribution < 1.29 is 9.53 Å². The van der Waals surface area contributed by atoms with Crippen molar-refractivity contribution in [3.8, 4) is 0 Å². The minimum Gasteiger partial charge on any atom is -0.381 e. The lowest BCUT2D eigenvalue weighted by Crippen LogP contribution is -2.45. The summed E-state index contributed by atoms with van der Waals surface area (Å²) >= 11 is 6.26. The van der Waals surface area contributed by atoms with Gasteiger partial charge in [-0.3, -0.25) is 4.79 Å². The van der Waals surface area contributed by atoms with Crippen LogP contribution >= 0.6 is 11.6 Å². The Balaban J connectivity index is 1.69. The molecule has 2 aliphatic rings. The predicted octanol–water partition coefficient (Wildman–Crippen LogP) is 2.70. The molecule has 0 aromatic heterocycles. The Bertz CT molecular complexity index is 556. The fraction of sp³-hybridized carbons (Fsp3) is 0.588. The molecule has 5 heteroatoms. The third-order valence-corrected chi connectivity index (χ3v) is 4.97. The molecule has 0 radical (unpaired) electrons. The van der Waals surface area contributed by atoms with Gasteiger partial charge in [0.05, 0.1) is 6.54 Å². The number of anilines is 1. The number of halogens is 1. The van der Waals surface area contributed by atoms with Crippen molar-refractivity contribution >= 4 is 23.2 Å². The van der Waals surface area contributed by atoms with Crippen molar-refractivity contribution in [1.82, 2.24) is 5.32 Å². The summed E-state index contributed by atoms with van der Waals surface area (Å²) in [6.07, 6.45) is 3.96. The third kappa shape index (κ3) is 3.39. The van der Waals surface area contributed by atoms with Crippen LogP contribution < -0.4 is 10.2 Å². The van der Waals surface area contributed by atoms with Gasteiger partial charge in [0.1, 0.15) is 0 Å². The number of rotatable bonds is 3. The molecular formula is C17H23ClN2O2. The van der Waals surface area contributed by atoms with E-state index < -0.39 is 0 Å². The summed E-state index contributed by atoms with van der Waals surface area (Å²) in [5, 5.41) is 3.91. The second-order valence-corrected chi connectivity index (χ2v) is 6.57. The van der Waals surface area contributed by atoms with Crippen molar-refractivity contribution in [2.24, 2.45) is 0 Å². The Morgan fingerprint density at radius 2 is 2.18 bits per heavy atom. The van der Waals surface area contributed by atoms with Crippen LogP contribution in [0.5, 0.6) is 0 Å². The Kier molecular flexibility index (Phi) is 4.89. The monoisotopic (exact) mass is 322 g/mol. The maximum Gasteiger partial charge on any atom is 0.239 e. The molecule has 0 saturated carbocycles. The molecule has 1 aromatic carbocycles. The molecular weight excluding hydrogens is 300 g/mol. The number of ether oxygens (including phenoxy) is 1. The second-order valence-electron chi connectivity index (χ2n) is 6.16. The zero-order valence-electron chi connectivity index (χ0n) is 13.0. The van der Waals surface area contributed by atoms with Gasteiger partial charge in [-0.1, -0.05) is 17.7 Å². The fourth-order valence-corrected chi connectivity index (χ4v) is 3.55. The van der Waals surface area contributed by atoms with Gasteiger partial charge in [0.2, 0.25) is 5.91 Å². The second kappa shape index (κ2) is 6.88. The third-order valence-electron chi connectivity index (χ3n) is 4.56. The average molecular weight is 323 g/mol. The zero-order chi connectivity index (χ0) is 15.5. The van der Waals surface area contributed by atoms with Crippen LogP contribution in [0.2, 0.25) is 5.02 Å². The number of aryl methyl sites for hydroxylation is 1. The Morgan fingerprint density at radius 1 is 1.41 bits per heavy atom. The number of amides is 1. The van der Waals surface area contributed by atoms with E-state index in [0.717, 1.165) is 61.7 Å². The topological polar surface area (TPSA) is 41.6 Å². The van der Waals surface area contributed by atoms with Gasteiger partial charge in [0.15, 0.2) is 0 Å². The number of hydrogen-bond acceptors (Lipinski definition) is 3. The van der Waals surface area contributed by atoms with Gasteiger partial charge in [-0.15, -0.1) is 0 Å². The lowest BCUT2D eigenvalue weighted by atomic mass is 9.98. The molecule has 4 nitrogen and oxygen atoms in total. The molecule has 2 aliphatic heterocycles. The smallest absolute Gasteiger partial charge is 0.239 e. The maximum absolute atomic E-state index is 12.4. The van der Waals surface area contributed by atoms with Crippen LogP contribution in [0.3, 0.4) is 0 Å². The van der Waals surface area contributed by atoms with Gasteiger partial charge in [0.25, 0.3) is 0 Å². The van der Waals surface area contributed by atoms with Crippen molar-refractivity contribution in [3.05, 3.63) is 28.3 Å². The minimum atomic E-state index is 0.0964. The number of carbonyl (C=O) groups excluding carboxylic acids is 1. The molecule has 0 spiro atoms. The standard InChI is InChI=1S/C17H23ClN2O2/c1-12-15(18)5-4-13-3-2-8-20(17(12)13)11-16(21)19-14-6-9-22-10-7-14/h4-5,14H,2-3,6-11H2,1H3,(H,19,21). The van der Waals surface area contributed by atoms with E-state index in [1.165, 1.54) is 5.56 Å². The highest BCUT2D eigenvalue weighted by Crippen LogP contribution is 2.34. The molecule has 3 rings (SSSR count). The first-order valence-corrected chi connectivity index (χ1v) is 8.43. The summed E-state index contributed by atoms with van der Waals surface area (Å²) in [7, 11) is 0. The quantitative estimate of drug-likeness (QED) is 0.930. The van der Waals surface area contributed by atoms with Crippen LogP contribution in [-0.2, 0) is 16.0 Å². The van der Waals surface area contributed by atoms with Crippen LogP contribution in [-0.4, -0.2) is 38.3 Å².